The summed E-state index contributed by atoms with van der Waals surface area (Å²) in [5, 5.41) is 12.7. The average Bonchev–Trinajstić information content (AvgIpc) is 3.86. The van der Waals surface area contributed by atoms with E-state index in [4.69, 9.17) is 9.47 Å². The molecule has 4 N–H and O–H groups in total. The van der Waals surface area contributed by atoms with E-state index in [0.717, 1.165) is 95.1 Å². The summed E-state index contributed by atoms with van der Waals surface area (Å²) < 4.78 is 9.96. The second-order valence-electron chi connectivity index (χ2n) is 12.3. The minimum atomic E-state index is -0.264. The first-order valence-electron chi connectivity index (χ1n) is 16.0. The van der Waals surface area contributed by atoms with Crippen molar-refractivity contribution in [1.29, 1.82) is 0 Å². The Kier molecular flexibility index (Phi) is 8.77. The zero-order valence-electron chi connectivity index (χ0n) is 27.9. The Morgan fingerprint density at radius 3 is 1.98 bits per heavy atom. The van der Waals surface area contributed by atoms with Gasteiger partial charge >= 0.3 is 11.9 Å². The highest BCUT2D eigenvalue weighted by Crippen LogP contribution is 2.34. The standard InChI is InChI=1S/C37H42N6O4/c1-8-23-19(2)29-17-34-37(26-13-14-38-43-26)22(5)30(42-34)15-27-20(3)24(9-11-35(44)46-6)32(40-27)18-33-25(10-12-36(45)47-7)21(4)28(41-33)16-31(23)39-29/h8,15-18,26,39-42H,1,9-14H2,2-7H3. The summed E-state index contributed by atoms with van der Waals surface area (Å²) in [6, 6.07) is -0.0192. The maximum Gasteiger partial charge on any atom is 0.305 e. The van der Waals surface area contributed by atoms with Crippen LogP contribution in [0.2, 0.25) is 0 Å². The molecule has 10 nitrogen and oxygen atoms in total. The van der Waals surface area contributed by atoms with Crippen LogP contribution in [0.5, 0.6) is 0 Å². The summed E-state index contributed by atoms with van der Waals surface area (Å²) in [6.45, 7) is 13.2. The Morgan fingerprint density at radius 2 is 1.32 bits per heavy atom. The number of esters is 2. The predicted octanol–water partition coefficient (Wildman–Crippen LogP) is 3.61. The van der Waals surface area contributed by atoms with Crippen molar-refractivity contribution in [2.45, 2.75) is 65.8 Å². The monoisotopic (exact) mass is 634 g/mol. The fraction of sp³-hybridized carbons (Fsp3) is 0.351. The van der Waals surface area contributed by atoms with Crippen molar-refractivity contribution in [2.24, 2.45) is 10.2 Å². The van der Waals surface area contributed by atoms with Crippen LogP contribution in [0.3, 0.4) is 0 Å². The molecule has 244 valence electrons. The van der Waals surface area contributed by atoms with Gasteiger partial charge in [-0.25, -0.2) is 0 Å². The lowest BCUT2D eigenvalue weighted by Gasteiger charge is -2.06. The molecule has 0 saturated heterocycles. The van der Waals surface area contributed by atoms with Gasteiger partial charge in [0.05, 0.1) is 26.8 Å². The highest BCUT2D eigenvalue weighted by molar-refractivity contribution is 5.72. The van der Waals surface area contributed by atoms with E-state index in [9.17, 15) is 9.59 Å². The number of hydrogen-bond acceptors (Lipinski definition) is 6. The summed E-state index contributed by atoms with van der Waals surface area (Å²) in [4.78, 5) is 39.1. The van der Waals surface area contributed by atoms with Crippen molar-refractivity contribution in [3.8, 4) is 0 Å². The van der Waals surface area contributed by atoms with E-state index in [1.165, 1.54) is 14.2 Å². The minimum Gasteiger partial charge on any atom is -0.469 e. The van der Waals surface area contributed by atoms with Gasteiger partial charge in [-0.15, -0.1) is 0 Å². The van der Waals surface area contributed by atoms with Crippen molar-refractivity contribution in [3.05, 3.63) is 95.3 Å². The molecule has 1 unspecified atom stereocenters. The van der Waals surface area contributed by atoms with Crippen molar-refractivity contribution in [1.82, 2.24) is 19.9 Å². The highest BCUT2D eigenvalue weighted by Gasteiger charge is 2.24. The quantitative estimate of drug-likeness (QED) is 0.194. The number of rotatable bonds is 8. The van der Waals surface area contributed by atoms with Crippen LogP contribution in [0.15, 0.2) is 16.8 Å². The van der Waals surface area contributed by atoms with Crippen LogP contribution in [0.25, 0.3) is 30.4 Å². The third kappa shape index (κ3) is 5.95. The van der Waals surface area contributed by atoms with Gasteiger partial charge in [0.25, 0.3) is 0 Å². The molecular weight excluding hydrogens is 592 g/mol. The van der Waals surface area contributed by atoms with Crippen molar-refractivity contribution in [2.75, 3.05) is 20.8 Å². The minimum absolute atomic E-state index is 0.0192. The molecule has 4 aromatic heterocycles. The van der Waals surface area contributed by atoms with Crippen LogP contribution in [-0.2, 0) is 31.9 Å². The Balaban J connectivity index is 1.69. The lowest BCUT2D eigenvalue weighted by molar-refractivity contribution is -0.141. The highest BCUT2D eigenvalue weighted by atomic mass is 16.5. The number of nitrogens with one attached hydrogen (secondary N) is 4. The van der Waals surface area contributed by atoms with Gasteiger partial charge in [0.15, 0.2) is 0 Å². The second kappa shape index (κ2) is 12.9. The Labute approximate surface area is 273 Å². The third-order valence-corrected chi connectivity index (χ3v) is 9.67. The largest absolute Gasteiger partial charge is 0.469 e. The molecule has 0 fully saturated rings. The van der Waals surface area contributed by atoms with Crippen LogP contribution in [0, 0.1) is 27.7 Å². The van der Waals surface area contributed by atoms with E-state index < -0.39 is 0 Å². The van der Waals surface area contributed by atoms with Gasteiger partial charge in [-0.2, -0.15) is 10.2 Å². The molecule has 6 rings (SSSR count). The van der Waals surface area contributed by atoms with E-state index in [-0.39, 0.29) is 30.8 Å². The molecule has 0 amide bonds. The number of nitrogens with zero attached hydrogens (tertiary/aromatic N) is 2. The molecule has 2 aliphatic heterocycles. The van der Waals surface area contributed by atoms with Crippen molar-refractivity contribution >= 4 is 42.3 Å². The molecule has 0 aliphatic carbocycles. The number of ether oxygens (including phenoxy) is 2. The second-order valence-corrected chi connectivity index (χ2v) is 12.3. The molecule has 47 heavy (non-hydrogen) atoms. The van der Waals surface area contributed by atoms with Gasteiger partial charge in [0, 0.05) is 68.1 Å². The van der Waals surface area contributed by atoms with Gasteiger partial charge < -0.3 is 29.4 Å². The first-order chi connectivity index (χ1) is 22.6. The molecule has 6 heterocycles. The first kappa shape index (κ1) is 31.8. The van der Waals surface area contributed by atoms with Crippen LogP contribution in [0.1, 0.15) is 92.6 Å². The number of hydrogen-bond donors (Lipinski definition) is 4. The summed E-state index contributed by atoms with van der Waals surface area (Å²) >= 11 is 0. The number of carbonyl (C=O) groups is 2. The predicted molar refractivity (Wildman–Crippen MR) is 183 cm³/mol. The first-order valence-corrected chi connectivity index (χ1v) is 16.0. The van der Waals surface area contributed by atoms with E-state index in [1.807, 2.05) is 6.08 Å². The Bertz CT molecular complexity index is 2190. The summed E-state index contributed by atoms with van der Waals surface area (Å²) in [5.74, 6) is -0.527. The molecule has 0 radical (unpaired) electrons. The van der Waals surface area contributed by atoms with Crippen LogP contribution >= 0.6 is 0 Å². The molecule has 2 aliphatic rings. The summed E-state index contributed by atoms with van der Waals surface area (Å²) in [7, 11) is 2.82. The smallest absolute Gasteiger partial charge is 0.305 e. The SMILES string of the molecule is C=Cc1c(C)c2[nH]c1=Cc1[nH]c(c(CCC(=O)OC)c1C)C=c1[nH]c(c(C)c1CCC(=O)OC)=Cc1[nH]c(c(C3CCN=N3)c1C)C=2. The molecule has 10 heteroatoms. The number of aromatic amines is 4. The molecule has 1 atom stereocenters. The maximum atomic E-state index is 12.3. The number of fused-ring (bicyclic) bond motifs is 8. The normalized spacial score (nSPS) is 15.0. The van der Waals surface area contributed by atoms with Crippen LogP contribution < -0.4 is 21.4 Å². The lowest BCUT2D eigenvalue weighted by Crippen LogP contribution is -2.14. The van der Waals surface area contributed by atoms with Gasteiger partial charge in [0.2, 0.25) is 0 Å². The zero-order valence-corrected chi connectivity index (χ0v) is 27.9. The van der Waals surface area contributed by atoms with Gasteiger partial charge in [-0.3, -0.25) is 9.59 Å². The molecule has 4 aromatic rings. The molecular formula is C37H42N6O4. The van der Waals surface area contributed by atoms with E-state index in [0.29, 0.717) is 19.4 Å². The zero-order chi connectivity index (χ0) is 33.4. The summed E-state index contributed by atoms with van der Waals surface area (Å²) in [6.07, 6.45) is 12.8. The van der Waals surface area contributed by atoms with Crippen molar-refractivity contribution < 1.29 is 19.1 Å². The average molecular weight is 635 g/mol. The number of carbonyl (C=O) groups excluding carboxylic acids is 2. The third-order valence-electron chi connectivity index (χ3n) is 9.67. The van der Waals surface area contributed by atoms with E-state index in [1.54, 1.807) is 0 Å². The number of azo groups is 1. The number of aromatic nitrogens is 4. The molecule has 0 aromatic carbocycles. The van der Waals surface area contributed by atoms with Crippen LogP contribution in [0.4, 0.5) is 0 Å². The Hall–Kier alpha value is -5.12. The Morgan fingerprint density at radius 1 is 0.745 bits per heavy atom. The topological polar surface area (TPSA) is 140 Å². The van der Waals surface area contributed by atoms with E-state index in [2.05, 4.69) is 88.7 Å². The fourth-order valence-electron chi connectivity index (χ4n) is 6.88. The number of methoxy groups -OCH3 is 2. The van der Waals surface area contributed by atoms with Crippen molar-refractivity contribution in [3.63, 3.8) is 0 Å². The van der Waals surface area contributed by atoms with Gasteiger partial charge in [-0.05, 0) is 105 Å². The maximum absolute atomic E-state index is 12.3. The molecule has 0 spiro atoms. The van der Waals surface area contributed by atoms with E-state index >= 15 is 0 Å². The van der Waals surface area contributed by atoms with Gasteiger partial charge in [-0.1, -0.05) is 12.7 Å². The summed E-state index contributed by atoms with van der Waals surface area (Å²) in [5.41, 5.74) is 12.3. The van der Waals surface area contributed by atoms with Gasteiger partial charge in [0.1, 0.15) is 0 Å². The molecule has 0 saturated carbocycles. The van der Waals surface area contributed by atoms with Crippen LogP contribution in [-0.4, -0.2) is 52.6 Å². The number of H-pyrrole nitrogens is 4. The lowest BCUT2D eigenvalue weighted by atomic mass is 9.99. The fourth-order valence-corrected chi connectivity index (χ4v) is 6.88. The molecule has 8 bridgehead atoms.